The first-order chi connectivity index (χ1) is 13.2. The topological polar surface area (TPSA) is 105 Å². The van der Waals surface area contributed by atoms with Crippen LogP contribution in [0.2, 0.25) is 0 Å². The van der Waals surface area contributed by atoms with E-state index in [9.17, 15) is 18.5 Å². The van der Waals surface area contributed by atoms with Crippen molar-refractivity contribution in [3.8, 4) is 0 Å². The lowest BCUT2D eigenvalue weighted by atomic mass is 10.1. The molecule has 9 heteroatoms. The Morgan fingerprint density at radius 2 is 1.79 bits per heavy atom. The van der Waals surface area contributed by atoms with E-state index in [-0.39, 0.29) is 16.6 Å². The molecule has 146 valence electrons. The van der Waals surface area contributed by atoms with Gasteiger partial charge in [0.2, 0.25) is 10.0 Å². The highest BCUT2D eigenvalue weighted by atomic mass is 32.2. The summed E-state index contributed by atoms with van der Waals surface area (Å²) in [5.41, 5.74) is 1.69. The smallest absolute Gasteiger partial charge is 0.301 e. The lowest BCUT2D eigenvalue weighted by molar-refractivity contribution is -0.382. The average Bonchev–Trinajstić information content (AvgIpc) is 2.67. The molecule has 0 amide bonds. The number of anilines is 1. The number of nitro benzene ring substituents is 1. The number of aromatic nitrogens is 1. The van der Waals surface area contributed by atoms with E-state index in [0.717, 1.165) is 9.87 Å². The van der Waals surface area contributed by atoms with Gasteiger partial charge in [-0.1, -0.05) is 12.1 Å². The number of hydrogen-bond donors (Lipinski definition) is 1. The third-order valence-corrected chi connectivity index (χ3v) is 6.30. The Hall–Kier alpha value is -3.04. The molecule has 0 fully saturated rings. The minimum atomic E-state index is -3.50. The molecule has 0 bridgehead atoms. The summed E-state index contributed by atoms with van der Waals surface area (Å²) in [7, 11) is -0.557. The molecule has 1 atom stereocenters. The van der Waals surface area contributed by atoms with E-state index in [0.29, 0.717) is 16.6 Å². The van der Waals surface area contributed by atoms with Crippen molar-refractivity contribution in [1.82, 2.24) is 9.29 Å². The zero-order valence-electron chi connectivity index (χ0n) is 15.7. The predicted molar refractivity (Wildman–Crippen MR) is 108 cm³/mol. The van der Waals surface area contributed by atoms with Crippen LogP contribution in [0.4, 0.5) is 11.4 Å². The van der Waals surface area contributed by atoms with E-state index in [2.05, 4.69) is 10.3 Å². The Labute approximate surface area is 163 Å². The number of fused-ring (bicyclic) bond motifs is 1. The third-order valence-electron chi connectivity index (χ3n) is 4.47. The van der Waals surface area contributed by atoms with Crippen LogP contribution in [0.25, 0.3) is 10.9 Å². The summed E-state index contributed by atoms with van der Waals surface area (Å²) in [5, 5.41) is 15.2. The highest BCUT2D eigenvalue weighted by Gasteiger charge is 2.21. The number of sulfonamides is 1. The number of nitrogens with one attached hydrogen (secondary N) is 1. The molecule has 3 rings (SSSR count). The summed E-state index contributed by atoms with van der Waals surface area (Å²) in [6.45, 7) is 1.85. The van der Waals surface area contributed by atoms with E-state index < -0.39 is 14.9 Å². The molecule has 1 aromatic heterocycles. The summed E-state index contributed by atoms with van der Waals surface area (Å²) in [6, 6.07) is 12.9. The molecule has 0 aliphatic carbocycles. The molecule has 2 aromatic carbocycles. The van der Waals surface area contributed by atoms with E-state index in [1.54, 1.807) is 42.6 Å². The first-order valence-electron chi connectivity index (χ1n) is 8.53. The van der Waals surface area contributed by atoms with Crippen LogP contribution in [0.15, 0.2) is 59.6 Å². The van der Waals surface area contributed by atoms with Gasteiger partial charge in [-0.05, 0) is 48.9 Å². The second-order valence-corrected chi connectivity index (χ2v) is 8.66. The zero-order valence-corrected chi connectivity index (χ0v) is 16.5. The van der Waals surface area contributed by atoms with Gasteiger partial charge in [-0.15, -0.1) is 0 Å². The van der Waals surface area contributed by atoms with Crippen LogP contribution >= 0.6 is 0 Å². The van der Waals surface area contributed by atoms with Gasteiger partial charge in [-0.3, -0.25) is 15.1 Å². The maximum absolute atomic E-state index is 12.2. The molecular formula is C19H20N4O4S. The first-order valence-corrected chi connectivity index (χ1v) is 9.97. The minimum Gasteiger partial charge on any atom is -0.373 e. The zero-order chi connectivity index (χ0) is 20.5. The molecule has 0 saturated carbocycles. The van der Waals surface area contributed by atoms with E-state index >= 15 is 0 Å². The third kappa shape index (κ3) is 3.67. The minimum absolute atomic E-state index is 0.0377. The van der Waals surface area contributed by atoms with Gasteiger partial charge in [-0.2, -0.15) is 0 Å². The lowest BCUT2D eigenvalue weighted by Gasteiger charge is -2.17. The van der Waals surface area contributed by atoms with E-state index in [4.69, 9.17) is 0 Å². The molecule has 3 aromatic rings. The maximum Gasteiger partial charge on any atom is 0.301 e. The normalized spacial score (nSPS) is 12.9. The highest BCUT2D eigenvalue weighted by Crippen LogP contribution is 2.34. The SMILES string of the molecule is C[C@H](Nc1ccc2ncccc2c1[N+](=O)[O-])c1ccc(S(=O)(=O)N(C)C)cc1. The molecule has 28 heavy (non-hydrogen) atoms. The Bertz CT molecular complexity index is 1130. The van der Waals surface area contributed by atoms with Crippen molar-refractivity contribution in [3.63, 3.8) is 0 Å². The molecule has 1 N–H and O–H groups in total. The summed E-state index contributed by atoms with van der Waals surface area (Å²) >= 11 is 0. The fraction of sp³-hybridized carbons (Fsp3) is 0.211. The second kappa shape index (κ2) is 7.53. The summed E-state index contributed by atoms with van der Waals surface area (Å²) in [6.07, 6.45) is 1.59. The van der Waals surface area contributed by atoms with Crippen LogP contribution in [0, 0.1) is 10.1 Å². The van der Waals surface area contributed by atoms with Crippen LogP contribution < -0.4 is 5.32 Å². The lowest BCUT2D eigenvalue weighted by Crippen LogP contribution is -2.22. The number of nitro groups is 1. The fourth-order valence-corrected chi connectivity index (χ4v) is 3.81. The summed E-state index contributed by atoms with van der Waals surface area (Å²) in [5.74, 6) is 0. The summed E-state index contributed by atoms with van der Waals surface area (Å²) < 4.78 is 25.5. The monoisotopic (exact) mass is 400 g/mol. The molecular weight excluding hydrogens is 380 g/mol. The van der Waals surface area contributed by atoms with Gasteiger partial charge in [-0.25, -0.2) is 12.7 Å². The van der Waals surface area contributed by atoms with E-state index in [1.165, 1.54) is 26.2 Å². The van der Waals surface area contributed by atoms with Crippen LogP contribution in [-0.2, 0) is 10.0 Å². The number of pyridine rings is 1. The van der Waals surface area contributed by atoms with Gasteiger partial charge >= 0.3 is 5.69 Å². The Morgan fingerprint density at radius 3 is 2.39 bits per heavy atom. The molecule has 0 radical (unpaired) electrons. The number of nitrogens with zero attached hydrogens (tertiary/aromatic N) is 3. The van der Waals surface area contributed by atoms with Crippen LogP contribution in [0.1, 0.15) is 18.5 Å². The first kappa shape index (κ1) is 19.7. The largest absolute Gasteiger partial charge is 0.373 e. The van der Waals surface area contributed by atoms with Gasteiger partial charge in [0.25, 0.3) is 0 Å². The van der Waals surface area contributed by atoms with Gasteiger partial charge in [0, 0.05) is 26.3 Å². The van der Waals surface area contributed by atoms with Crippen molar-refractivity contribution in [2.45, 2.75) is 17.9 Å². The Kier molecular flexibility index (Phi) is 5.30. The van der Waals surface area contributed by atoms with Crippen molar-refractivity contribution in [2.24, 2.45) is 0 Å². The predicted octanol–water partition coefficient (Wildman–Crippen LogP) is 3.57. The van der Waals surface area contributed by atoms with Crippen molar-refractivity contribution in [1.29, 1.82) is 0 Å². The number of benzene rings is 2. The molecule has 0 unspecified atom stereocenters. The fourth-order valence-electron chi connectivity index (χ4n) is 2.91. The summed E-state index contributed by atoms with van der Waals surface area (Å²) in [4.78, 5) is 15.6. The van der Waals surface area contributed by atoms with Gasteiger partial charge in [0.05, 0.1) is 20.7 Å². The van der Waals surface area contributed by atoms with Crippen molar-refractivity contribution >= 4 is 32.3 Å². The average molecular weight is 400 g/mol. The van der Waals surface area contributed by atoms with Gasteiger partial charge in [0.1, 0.15) is 5.69 Å². The molecule has 0 spiro atoms. The molecule has 0 aliphatic rings. The highest BCUT2D eigenvalue weighted by molar-refractivity contribution is 7.89. The number of rotatable bonds is 6. The standard InChI is InChI=1S/C19H20N4O4S/c1-13(14-6-8-15(9-7-14)28(26,27)22(2)3)21-18-11-10-17-16(5-4-12-20-17)19(18)23(24)25/h4-13,21H,1-3H3/t13-/m0/s1. The quantitative estimate of drug-likeness (QED) is 0.501. The van der Waals surface area contributed by atoms with E-state index in [1.807, 2.05) is 6.92 Å². The molecule has 1 heterocycles. The molecule has 0 saturated heterocycles. The second-order valence-electron chi connectivity index (χ2n) is 6.51. The molecule has 0 aliphatic heterocycles. The van der Waals surface area contributed by atoms with Crippen molar-refractivity contribution in [2.75, 3.05) is 19.4 Å². The van der Waals surface area contributed by atoms with Crippen LogP contribution in [-0.4, -0.2) is 36.7 Å². The Morgan fingerprint density at radius 1 is 1.11 bits per heavy atom. The van der Waals surface area contributed by atoms with Crippen molar-refractivity contribution in [3.05, 3.63) is 70.4 Å². The maximum atomic E-state index is 12.2. The van der Waals surface area contributed by atoms with Gasteiger partial charge < -0.3 is 5.32 Å². The van der Waals surface area contributed by atoms with Gasteiger partial charge in [0.15, 0.2) is 0 Å². The van der Waals surface area contributed by atoms with Crippen LogP contribution in [0.5, 0.6) is 0 Å². The molecule has 8 nitrogen and oxygen atoms in total. The van der Waals surface area contributed by atoms with Crippen molar-refractivity contribution < 1.29 is 13.3 Å². The van der Waals surface area contributed by atoms with Crippen LogP contribution in [0.3, 0.4) is 0 Å². The Balaban J connectivity index is 1.92. The number of hydrogen-bond acceptors (Lipinski definition) is 6.